The van der Waals surface area contributed by atoms with Crippen molar-refractivity contribution in [1.29, 1.82) is 0 Å². The number of epoxide rings is 1. The molecule has 1 heterocycles. The third kappa shape index (κ3) is 3.05. The average molecular weight is 247 g/mol. The van der Waals surface area contributed by atoms with Crippen LogP contribution in [0.3, 0.4) is 0 Å². The van der Waals surface area contributed by atoms with Crippen LogP contribution in [0.2, 0.25) is 0 Å². The van der Waals surface area contributed by atoms with Crippen LogP contribution in [0.15, 0.2) is 0 Å². The van der Waals surface area contributed by atoms with Gasteiger partial charge in [-0.3, -0.25) is 0 Å². The zero-order valence-corrected chi connectivity index (χ0v) is 8.94. The molecule has 1 saturated heterocycles. The second-order valence-corrected chi connectivity index (χ2v) is 5.12. The van der Waals surface area contributed by atoms with E-state index in [0.717, 1.165) is 0 Å². The lowest BCUT2D eigenvalue weighted by atomic mass is 10.3. The molecule has 90 valence electrons. The van der Waals surface area contributed by atoms with Gasteiger partial charge >= 0.3 is 15.5 Å². The number of rotatable bonds is 5. The second kappa shape index (κ2) is 4.26. The number of hydrogen-bond donors (Lipinski definition) is 0. The molecule has 15 heavy (non-hydrogen) atoms. The number of sulfonamides is 1. The van der Waals surface area contributed by atoms with E-state index in [9.17, 15) is 21.6 Å². The van der Waals surface area contributed by atoms with Crippen molar-refractivity contribution in [3.8, 4) is 0 Å². The van der Waals surface area contributed by atoms with Gasteiger partial charge in [0.25, 0.3) is 0 Å². The van der Waals surface area contributed by atoms with E-state index in [-0.39, 0.29) is 19.2 Å². The van der Waals surface area contributed by atoms with E-state index in [1.54, 1.807) is 0 Å². The van der Waals surface area contributed by atoms with Gasteiger partial charge in [0.1, 0.15) is 0 Å². The number of hydrogen-bond acceptors (Lipinski definition) is 3. The highest BCUT2D eigenvalue weighted by Gasteiger charge is 2.49. The maximum atomic E-state index is 12.1. The molecule has 0 radical (unpaired) electrons. The first kappa shape index (κ1) is 12.7. The van der Waals surface area contributed by atoms with Gasteiger partial charge < -0.3 is 4.74 Å². The smallest absolute Gasteiger partial charge is 0.373 e. The summed E-state index contributed by atoms with van der Waals surface area (Å²) < 4.78 is 63.6. The molecular weight excluding hydrogens is 235 g/mol. The van der Waals surface area contributed by atoms with Crippen LogP contribution in [0, 0.1) is 0 Å². The Morgan fingerprint density at radius 2 is 2.00 bits per heavy atom. The number of halogens is 3. The van der Waals surface area contributed by atoms with Gasteiger partial charge in [0, 0.05) is 13.1 Å². The van der Waals surface area contributed by atoms with Crippen LogP contribution in [0.5, 0.6) is 0 Å². The Morgan fingerprint density at radius 1 is 1.47 bits per heavy atom. The first-order valence-corrected chi connectivity index (χ1v) is 5.91. The fraction of sp³-hybridized carbons (Fsp3) is 1.00. The predicted molar refractivity (Wildman–Crippen MR) is 46.6 cm³/mol. The summed E-state index contributed by atoms with van der Waals surface area (Å²) in [5, 5.41) is 0. The zero-order chi connectivity index (χ0) is 11.7. The first-order chi connectivity index (χ1) is 6.79. The third-order valence-corrected chi connectivity index (χ3v) is 3.79. The third-order valence-electron chi connectivity index (χ3n) is 2.09. The largest absolute Gasteiger partial charge is 0.511 e. The highest BCUT2D eigenvalue weighted by atomic mass is 32.2. The maximum Gasteiger partial charge on any atom is 0.511 e. The van der Waals surface area contributed by atoms with Gasteiger partial charge in [-0.05, 0) is 6.42 Å². The lowest BCUT2D eigenvalue weighted by Crippen LogP contribution is -2.41. The van der Waals surface area contributed by atoms with Crippen molar-refractivity contribution in [2.75, 3.05) is 19.7 Å². The fourth-order valence-electron chi connectivity index (χ4n) is 1.12. The van der Waals surface area contributed by atoms with Crippen molar-refractivity contribution in [3.63, 3.8) is 0 Å². The van der Waals surface area contributed by atoms with Crippen LogP contribution in [0.1, 0.15) is 13.3 Å². The summed E-state index contributed by atoms with van der Waals surface area (Å²) in [6, 6.07) is 0. The minimum absolute atomic E-state index is 0.0810. The van der Waals surface area contributed by atoms with Crippen LogP contribution in [-0.4, -0.2) is 44.0 Å². The molecule has 1 aliphatic heterocycles. The van der Waals surface area contributed by atoms with Crippen LogP contribution in [-0.2, 0) is 14.8 Å². The summed E-state index contributed by atoms with van der Waals surface area (Å²) in [6.07, 6.45) is 0.228. The topological polar surface area (TPSA) is 49.9 Å². The molecule has 0 bridgehead atoms. The lowest BCUT2D eigenvalue weighted by Gasteiger charge is -2.21. The van der Waals surface area contributed by atoms with E-state index in [4.69, 9.17) is 4.74 Å². The van der Waals surface area contributed by atoms with Gasteiger partial charge in [-0.1, -0.05) is 6.92 Å². The molecule has 0 aromatic heterocycles. The number of nitrogens with zero attached hydrogens (tertiary/aromatic N) is 1. The monoisotopic (exact) mass is 247 g/mol. The van der Waals surface area contributed by atoms with E-state index in [2.05, 4.69) is 0 Å². The molecule has 0 aromatic rings. The van der Waals surface area contributed by atoms with E-state index in [1.165, 1.54) is 6.92 Å². The molecule has 1 fully saturated rings. The van der Waals surface area contributed by atoms with Crippen molar-refractivity contribution in [2.24, 2.45) is 0 Å². The Morgan fingerprint density at radius 3 is 2.33 bits per heavy atom. The molecule has 1 unspecified atom stereocenters. The van der Waals surface area contributed by atoms with E-state index < -0.39 is 15.5 Å². The summed E-state index contributed by atoms with van der Waals surface area (Å²) >= 11 is 0. The minimum atomic E-state index is -5.21. The maximum absolute atomic E-state index is 12.1. The summed E-state index contributed by atoms with van der Waals surface area (Å²) in [5.74, 6) is 0. The molecule has 0 aliphatic carbocycles. The molecule has 0 amide bonds. The highest BCUT2D eigenvalue weighted by Crippen LogP contribution is 2.27. The second-order valence-electron chi connectivity index (χ2n) is 3.19. The van der Waals surface area contributed by atoms with Crippen molar-refractivity contribution in [1.82, 2.24) is 4.31 Å². The van der Waals surface area contributed by atoms with Crippen molar-refractivity contribution in [3.05, 3.63) is 0 Å². The molecule has 1 aliphatic rings. The zero-order valence-electron chi connectivity index (χ0n) is 8.12. The van der Waals surface area contributed by atoms with Gasteiger partial charge in [0.05, 0.1) is 12.7 Å². The Balaban J connectivity index is 2.63. The summed E-state index contributed by atoms with van der Waals surface area (Å²) in [7, 11) is -5.18. The highest BCUT2D eigenvalue weighted by molar-refractivity contribution is 7.89. The van der Waals surface area contributed by atoms with Crippen molar-refractivity contribution >= 4 is 10.0 Å². The van der Waals surface area contributed by atoms with E-state index >= 15 is 0 Å². The van der Waals surface area contributed by atoms with Gasteiger partial charge in [-0.15, -0.1) is 0 Å². The Labute approximate surface area is 86.1 Å². The number of ether oxygens (including phenoxy) is 1. The van der Waals surface area contributed by atoms with Gasteiger partial charge in [0.2, 0.25) is 0 Å². The fourth-order valence-corrected chi connectivity index (χ4v) is 2.10. The van der Waals surface area contributed by atoms with E-state index in [0.29, 0.717) is 17.3 Å². The van der Waals surface area contributed by atoms with Crippen molar-refractivity contribution in [2.45, 2.75) is 25.0 Å². The normalized spacial score (nSPS) is 22.1. The SMILES string of the molecule is CCN(CCC1CO1)S(=O)(=O)C(F)(F)F. The Kier molecular flexibility index (Phi) is 3.62. The first-order valence-electron chi connectivity index (χ1n) is 4.47. The average Bonchev–Trinajstić information content (AvgIpc) is 2.86. The van der Waals surface area contributed by atoms with Crippen LogP contribution in [0.4, 0.5) is 13.2 Å². The van der Waals surface area contributed by atoms with Crippen LogP contribution < -0.4 is 0 Å². The molecule has 0 saturated carbocycles. The van der Waals surface area contributed by atoms with E-state index in [1.807, 2.05) is 0 Å². The predicted octanol–water partition coefficient (Wildman–Crippen LogP) is 0.947. The molecular formula is C7H12F3NO3S. The summed E-state index contributed by atoms with van der Waals surface area (Å²) in [5.41, 5.74) is -5.21. The van der Waals surface area contributed by atoms with Crippen LogP contribution in [0.25, 0.3) is 0 Å². The lowest BCUT2D eigenvalue weighted by molar-refractivity contribution is -0.0488. The number of alkyl halides is 3. The summed E-state index contributed by atoms with van der Waals surface area (Å²) in [4.78, 5) is 0. The van der Waals surface area contributed by atoms with Gasteiger partial charge in [-0.25, -0.2) is 8.42 Å². The minimum Gasteiger partial charge on any atom is -0.373 e. The molecule has 1 atom stereocenters. The quantitative estimate of drug-likeness (QED) is 0.679. The molecule has 0 aromatic carbocycles. The molecule has 0 spiro atoms. The Bertz CT molecular complexity index is 310. The standard InChI is InChI=1S/C7H12F3NO3S/c1-2-11(4-3-6-5-14-6)15(12,13)7(8,9)10/h6H,2-5H2,1H3. The summed E-state index contributed by atoms with van der Waals surface area (Å²) in [6.45, 7) is 1.54. The van der Waals surface area contributed by atoms with Crippen LogP contribution >= 0.6 is 0 Å². The molecule has 8 heteroatoms. The molecule has 1 rings (SSSR count). The van der Waals surface area contributed by atoms with Crippen molar-refractivity contribution < 1.29 is 26.3 Å². The molecule has 0 N–H and O–H groups in total. The van der Waals surface area contributed by atoms with Gasteiger partial charge in [-0.2, -0.15) is 17.5 Å². The van der Waals surface area contributed by atoms with Gasteiger partial charge in [0.15, 0.2) is 0 Å². The molecule has 4 nitrogen and oxygen atoms in total. The Hall–Kier alpha value is -0.340.